The molecule has 0 bridgehead atoms. The van der Waals surface area contributed by atoms with Gasteiger partial charge in [-0.15, -0.1) is 0 Å². The number of likely N-dealkylation sites (tertiary alicyclic amines) is 1. The third-order valence-electron chi connectivity index (χ3n) is 4.28. The van der Waals surface area contributed by atoms with Gasteiger partial charge >= 0.3 is 12.0 Å². The van der Waals surface area contributed by atoms with E-state index in [1.54, 1.807) is 6.92 Å². The summed E-state index contributed by atoms with van der Waals surface area (Å²) in [5.74, 6) is -0.887. The molecular weight excluding hydrogens is 274 g/mol. The highest BCUT2D eigenvalue weighted by Crippen LogP contribution is 2.22. The first-order valence-corrected chi connectivity index (χ1v) is 7.58. The third kappa shape index (κ3) is 3.72. The number of nitrogens with zero attached hydrogens (tertiary/aromatic N) is 3. The molecule has 0 aromatic rings. The fourth-order valence-electron chi connectivity index (χ4n) is 3.02. The molecular formula is C14H23N3O4. The average Bonchev–Trinajstić information content (AvgIpc) is 2.86. The molecule has 1 N–H and O–H groups in total. The Morgan fingerprint density at radius 2 is 1.86 bits per heavy atom. The molecule has 0 aromatic heterocycles. The van der Waals surface area contributed by atoms with Gasteiger partial charge in [-0.2, -0.15) is 0 Å². The highest BCUT2D eigenvalue weighted by Gasteiger charge is 2.37. The highest BCUT2D eigenvalue weighted by molar-refractivity contribution is 5.95. The van der Waals surface area contributed by atoms with Crippen molar-refractivity contribution in [2.24, 2.45) is 0 Å². The van der Waals surface area contributed by atoms with Crippen molar-refractivity contribution >= 4 is 17.9 Å². The Bertz CT molecular complexity index is 418. The summed E-state index contributed by atoms with van der Waals surface area (Å²) < 4.78 is 0. The zero-order chi connectivity index (χ0) is 15.4. The molecule has 21 heavy (non-hydrogen) atoms. The van der Waals surface area contributed by atoms with Gasteiger partial charge in [-0.25, -0.2) is 4.79 Å². The van der Waals surface area contributed by atoms with Gasteiger partial charge in [-0.3, -0.25) is 14.5 Å². The molecule has 2 rings (SSSR count). The number of hydrogen-bond acceptors (Lipinski definition) is 4. The Kier molecular flexibility index (Phi) is 5.17. The van der Waals surface area contributed by atoms with Crippen LogP contribution in [-0.2, 0) is 9.59 Å². The van der Waals surface area contributed by atoms with E-state index in [9.17, 15) is 14.4 Å². The number of carboxylic acid groups (broad SMARTS) is 1. The van der Waals surface area contributed by atoms with Gasteiger partial charge in [-0.05, 0) is 12.8 Å². The van der Waals surface area contributed by atoms with Crippen LogP contribution in [0.5, 0.6) is 0 Å². The fourth-order valence-corrected chi connectivity index (χ4v) is 3.02. The van der Waals surface area contributed by atoms with Crippen LogP contribution in [0, 0.1) is 0 Å². The van der Waals surface area contributed by atoms with Gasteiger partial charge in [0.15, 0.2) is 0 Å². The van der Waals surface area contributed by atoms with Crippen molar-refractivity contribution < 1.29 is 19.5 Å². The van der Waals surface area contributed by atoms with Crippen LogP contribution in [0.3, 0.4) is 0 Å². The maximum atomic E-state index is 12.2. The summed E-state index contributed by atoms with van der Waals surface area (Å²) in [5.41, 5.74) is 0. The Balaban J connectivity index is 1.81. The lowest BCUT2D eigenvalue weighted by Gasteiger charge is -2.36. The van der Waals surface area contributed by atoms with E-state index in [-0.39, 0.29) is 24.4 Å². The third-order valence-corrected chi connectivity index (χ3v) is 4.28. The molecule has 7 nitrogen and oxygen atoms in total. The Morgan fingerprint density at radius 3 is 2.43 bits per heavy atom. The number of carbonyl (C=O) groups is 3. The van der Waals surface area contributed by atoms with Crippen LogP contribution in [0.4, 0.5) is 4.79 Å². The predicted molar refractivity (Wildman–Crippen MR) is 75.8 cm³/mol. The molecule has 2 saturated heterocycles. The van der Waals surface area contributed by atoms with Crippen molar-refractivity contribution in [2.75, 3.05) is 32.7 Å². The Labute approximate surface area is 124 Å². The van der Waals surface area contributed by atoms with Crippen molar-refractivity contribution in [3.63, 3.8) is 0 Å². The smallest absolute Gasteiger partial charge is 0.327 e. The highest BCUT2D eigenvalue weighted by atomic mass is 16.4. The zero-order valence-corrected chi connectivity index (χ0v) is 12.5. The van der Waals surface area contributed by atoms with E-state index >= 15 is 0 Å². The second-order valence-corrected chi connectivity index (χ2v) is 5.59. The van der Waals surface area contributed by atoms with Gasteiger partial charge in [0.1, 0.15) is 0 Å². The molecule has 118 valence electrons. The number of carboxylic acids is 1. The van der Waals surface area contributed by atoms with Crippen molar-refractivity contribution in [2.45, 2.75) is 38.6 Å². The number of urea groups is 1. The molecule has 7 heteroatoms. The summed E-state index contributed by atoms with van der Waals surface area (Å²) in [5, 5.41) is 8.69. The minimum atomic E-state index is -0.777. The molecule has 3 amide bonds. The number of amides is 3. The molecule has 0 spiro atoms. The van der Waals surface area contributed by atoms with Gasteiger partial charge < -0.3 is 14.9 Å². The molecule has 0 radical (unpaired) electrons. The lowest BCUT2D eigenvalue weighted by Crippen LogP contribution is -2.47. The Morgan fingerprint density at radius 1 is 1.19 bits per heavy atom. The molecule has 2 aliphatic heterocycles. The summed E-state index contributed by atoms with van der Waals surface area (Å²) in [6, 6.07) is 0.0130. The second-order valence-electron chi connectivity index (χ2n) is 5.59. The molecule has 0 aromatic carbocycles. The van der Waals surface area contributed by atoms with Gasteiger partial charge in [0, 0.05) is 45.2 Å². The average molecular weight is 297 g/mol. The number of hydrogen-bond donors (Lipinski definition) is 1. The van der Waals surface area contributed by atoms with E-state index in [0.29, 0.717) is 26.1 Å². The van der Waals surface area contributed by atoms with Gasteiger partial charge in [0.2, 0.25) is 5.91 Å². The van der Waals surface area contributed by atoms with E-state index < -0.39 is 5.97 Å². The van der Waals surface area contributed by atoms with Crippen LogP contribution >= 0.6 is 0 Å². The van der Waals surface area contributed by atoms with Gasteiger partial charge in [0.05, 0.1) is 6.42 Å². The molecule has 0 unspecified atom stereocenters. The van der Waals surface area contributed by atoms with E-state index in [0.717, 1.165) is 25.9 Å². The first kappa shape index (κ1) is 15.8. The minimum Gasteiger partial charge on any atom is -0.481 e. The van der Waals surface area contributed by atoms with Gasteiger partial charge in [-0.1, -0.05) is 6.92 Å². The number of aliphatic carboxylic acids is 1. The van der Waals surface area contributed by atoms with E-state index in [1.165, 1.54) is 4.90 Å². The summed E-state index contributed by atoms with van der Waals surface area (Å²) in [4.78, 5) is 39.8. The zero-order valence-electron chi connectivity index (χ0n) is 12.5. The van der Waals surface area contributed by atoms with E-state index in [1.807, 2.05) is 4.90 Å². The van der Waals surface area contributed by atoms with Crippen molar-refractivity contribution in [1.82, 2.24) is 14.7 Å². The standard InChI is InChI=1S/C14H23N3O4/c1-2-12(18)17-10-9-16(14(17)21)11-3-6-15(7-4-11)8-5-13(19)20/h11H,2-10H2,1H3,(H,19,20). The summed E-state index contributed by atoms with van der Waals surface area (Å²) in [6.45, 7) is 5.05. The van der Waals surface area contributed by atoms with Crippen LogP contribution in [0.1, 0.15) is 32.6 Å². The van der Waals surface area contributed by atoms with Crippen LogP contribution in [-0.4, -0.2) is 76.5 Å². The maximum Gasteiger partial charge on any atom is 0.327 e. The maximum absolute atomic E-state index is 12.2. The van der Waals surface area contributed by atoms with Gasteiger partial charge in [0.25, 0.3) is 0 Å². The number of carbonyl (C=O) groups excluding carboxylic acids is 2. The lowest BCUT2D eigenvalue weighted by atomic mass is 10.0. The van der Waals surface area contributed by atoms with Crippen molar-refractivity contribution in [3.8, 4) is 0 Å². The largest absolute Gasteiger partial charge is 0.481 e. The Hall–Kier alpha value is -1.63. The van der Waals surface area contributed by atoms with Crippen LogP contribution in [0.15, 0.2) is 0 Å². The fraction of sp³-hybridized carbons (Fsp3) is 0.786. The topological polar surface area (TPSA) is 81.2 Å². The van der Waals surface area contributed by atoms with Crippen LogP contribution in [0.25, 0.3) is 0 Å². The van der Waals surface area contributed by atoms with Crippen molar-refractivity contribution in [1.29, 1.82) is 0 Å². The molecule has 2 aliphatic rings. The monoisotopic (exact) mass is 297 g/mol. The molecule has 0 aliphatic carbocycles. The number of piperidine rings is 1. The summed E-state index contributed by atoms with van der Waals surface area (Å²) >= 11 is 0. The minimum absolute atomic E-state index is 0.110. The number of rotatable bonds is 5. The van der Waals surface area contributed by atoms with Crippen LogP contribution in [0.2, 0.25) is 0 Å². The van der Waals surface area contributed by atoms with Crippen LogP contribution < -0.4 is 0 Å². The summed E-state index contributed by atoms with van der Waals surface area (Å²) in [7, 11) is 0. The lowest BCUT2D eigenvalue weighted by molar-refractivity contribution is -0.137. The first-order chi connectivity index (χ1) is 10.0. The van der Waals surface area contributed by atoms with Crippen molar-refractivity contribution in [3.05, 3.63) is 0 Å². The first-order valence-electron chi connectivity index (χ1n) is 7.58. The normalized spacial score (nSPS) is 21.1. The quantitative estimate of drug-likeness (QED) is 0.803. The SMILES string of the molecule is CCC(=O)N1CCN(C2CCN(CCC(=O)O)CC2)C1=O. The predicted octanol–water partition coefficient (Wildman–Crippen LogP) is 0.600. The van der Waals surface area contributed by atoms with E-state index in [4.69, 9.17) is 5.11 Å². The van der Waals surface area contributed by atoms with E-state index in [2.05, 4.69) is 4.90 Å². The second kappa shape index (κ2) is 6.89. The molecule has 2 fully saturated rings. The summed E-state index contributed by atoms with van der Waals surface area (Å²) in [6.07, 6.45) is 2.21. The number of imide groups is 1. The molecule has 2 heterocycles. The molecule has 0 saturated carbocycles. The molecule has 0 atom stereocenters.